The average molecular weight is 245 g/mol. The molecule has 4 heteroatoms. The molecule has 0 spiro atoms. The number of amides is 1. The lowest BCUT2D eigenvalue weighted by Gasteiger charge is -2.41. The van der Waals surface area contributed by atoms with Crippen molar-refractivity contribution in [3.05, 3.63) is 24.3 Å². The molecule has 1 aromatic rings. The Balaban J connectivity index is 1.97. The van der Waals surface area contributed by atoms with Gasteiger partial charge in [0.1, 0.15) is 0 Å². The van der Waals surface area contributed by atoms with Crippen molar-refractivity contribution in [1.82, 2.24) is 5.32 Å². The van der Waals surface area contributed by atoms with Crippen LogP contribution in [0.5, 0.6) is 0 Å². The van der Waals surface area contributed by atoms with Crippen LogP contribution in [0.1, 0.15) is 12.8 Å². The van der Waals surface area contributed by atoms with Gasteiger partial charge in [-0.25, -0.2) is 0 Å². The van der Waals surface area contributed by atoms with E-state index in [4.69, 9.17) is 0 Å². The Kier molecular flexibility index (Phi) is 2.96. The number of hydrogen-bond donors (Lipinski definition) is 1. The lowest BCUT2D eigenvalue weighted by molar-refractivity contribution is -0.118. The van der Waals surface area contributed by atoms with Crippen LogP contribution in [-0.4, -0.2) is 38.6 Å². The molecule has 1 N–H and O–H groups in total. The Morgan fingerprint density at radius 1 is 1.28 bits per heavy atom. The summed E-state index contributed by atoms with van der Waals surface area (Å²) in [6, 6.07) is 8.49. The molecular weight excluding hydrogens is 226 g/mol. The van der Waals surface area contributed by atoms with Gasteiger partial charge in [-0.05, 0) is 31.5 Å². The summed E-state index contributed by atoms with van der Waals surface area (Å²) in [6.45, 7) is 2.46. The number of anilines is 2. The molecule has 1 fully saturated rings. The minimum absolute atomic E-state index is 0.213. The van der Waals surface area contributed by atoms with Crippen LogP contribution in [0.4, 0.5) is 11.4 Å². The van der Waals surface area contributed by atoms with Crippen LogP contribution in [0.2, 0.25) is 0 Å². The van der Waals surface area contributed by atoms with Gasteiger partial charge in [-0.1, -0.05) is 12.1 Å². The lowest BCUT2D eigenvalue weighted by atomic mass is 10.0. The number of hydrogen-bond acceptors (Lipinski definition) is 3. The molecule has 1 unspecified atom stereocenters. The van der Waals surface area contributed by atoms with E-state index in [1.165, 1.54) is 0 Å². The number of rotatable bonds is 1. The Hall–Kier alpha value is -1.55. The fourth-order valence-corrected chi connectivity index (χ4v) is 2.94. The van der Waals surface area contributed by atoms with E-state index >= 15 is 0 Å². The first-order valence-electron chi connectivity index (χ1n) is 6.60. The molecule has 0 bridgehead atoms. The quantitative estimate of drug-likeness (QED) is 0.808. The van der Waals surface area contributed by atoms with Crippen LogP contribution >= 0.6 is 0 Å². The summed E-state index contributed by atoms with van der Waals surface area (Å²) in [5, 5.41) is 3.39. The molecule has 4 nitrogen and oxygen atoms in total. The highest BCUT2D eigenvalue weighted by Gasteiger charge is 2.32. The zero-order chi connectivity index (χ0) is 12.5. The van der Waals surface area contributed by atoms with Crippen molar-refractivity contribution < 1.29 is 4.79 Å². The van der Waals surface area contributed by atoms with E-state index in [1.54, 1.807) is 0 Å². The SMILES string of the molecule is CN1CC(=O)N(C2CCCNC2)c2ccccc21. The van der Waals surface area contributed by atoms with Gasteiger partial charge in [0.15, 0.2) is 0 Å². The van der Waals surface area contributed by atoms with Crippen molar-refractivity contribution in [3.8, 4) is 0 Å². The number of nitrogens with one attached hydrogen (secondary N) is 1. The third-order valence-electron chi connectivity index (χ3n) is 3.83. The summed E-state index contributed by atoms with van der Waals surface area (Å²) >= 11 is 0. The van der Waals surface area contributed by atoms with Gasteiger partial charge in [0.2, 0.25) is 5.91 Å². The molecule has 2 aliphatic rings. The number of fused-ring (bicyclic) bond motifs is 1. The van der Waals surface area contributed by atoms with E-state index in [0.29, 0.717) is 12.6 Å². The molecule has 96 valence electrons. The smallest absolute Gasteiger partial charge is 0.246 e. The van der Waals surface area contributed by atoms with E-state index in [2.05, 4.69) is 17.4 Å². The topological polar surface area (TPSA) is 35.6 Å². The maximum Gasteiger partial charge on any atom is 0.246 e. The van der Waals surface area contributed by atoms with E-state index < -0.39 is 0 Å². The summed E-state index contributed by atoms with van der Waals surface area (Å²) in [5.74, 6) is 0.213. The number of nitrogens with zero attached hydrogens (tertiary/aromatic N) is 2. The van der Waals surface area contributed by atoms with Crippen LogP contribution in [0.15, 0.2) is 24.3 Å². The Labute approximate surface area is 108 Å². The fraction of sp³-hybridized carbons (Fsp3) is 0.500. The van der Waals surface area contributed by atoms with E-state index in [9.17, 15) is 4.79 Å². The molecule has 1 saturated heterocycles. The van der Waals surface area contributed by atoms with Crippen LogP contribution in [0.3, 0.4) is 0 Å². The van der Waals surface area contributed by atoms with Crippen molar-refractivity contribution in [2.45, 2.75) is 18.9 Å². The van der Waals surface area contributed by atoms with Gasteiger partial charge in [-0.3, -0.25) is 4.79 Å². The predicted molar refractivity (Wildman–Crippen MR) is 73.1 cm³/mol. The van der Waals surface area contributed by atoms with Gasteiger partial charge in [0, 0.05) is 19.6 Å². The first-order valence-corrected chi connectivity index (χ1v) is 6.60. The van der Waals surface area contributed by atoms with E-state index in [1.807, 2.05) is 29.0 Å². The normalized spacial score (nSPS) is 24.1. The number of piperidine rings is 1. The monoisotopic (exact) mass is 245 g/mol. The largest absolute Gasteiger partial charge is 0.364 e. The highest BCUT2D eigenvalue weighted by Crippen LogP contribution is 2.34. The van der Waals surface area contributed by atoms with Crippen molar-refractivity contribution >= 4 is 17.3 Å². The number of likely N-dealkylation sites (N-methyl/N-ethyl adjacent to an activating group) is 1. The molecule has 1 amide bonds. The highest BCUT2D eigenvalue weighted by atomic mass is 16.2. The molecule has 2 heterocycles. The second kappa shape index (κ2) is 4.61. The summed E-state index contributed by atoms with van der Waals surface area (Å²) in [6.07, 6.45) is 2.24. The second-order valence-corrected chi connectivity index (χ2v) is 5.11. The molecular formula is C14H19N3O. The number of para-hydroxylation sites is 2. The summed E-state index contributed by atoms with van der Waals surface area (Å²) in [7, 11) is 1.98. The first kappa shape index (κ1) is 11.5. The molecule has 2 aliphatic heterocycles. The average Bonchev–Trinajstić information content (AvgIpc) is 2.40. The fourth-order valence-electron chi connectivity index (χ4n) is 2.94. The van der Waals surface area contributed by atoms with E-state index in [0.717, 1.165) is 37.3 Å². The van der Waals surface area contributed by atoms with Gasteiger partial charge in [-0.15, -0.1) is 0 Å². The number of carbonyl (C=O) groups excluding carboxylic acids is 1. The predicted octanol–water partition coefficient (Wildman–Crippen LogP) is 1.22. The van der Waals surface area contributed by atoms with Gasteiger partial charge < -0.3 is 15.1 Å². The first-order chi connectivity index (χ1) is 8.77. The van der Waals surface area contributed by atoms with Crippen molar-refractivity contribution in [2.75, 3.05) is 36.5 Å². The number of carbonyl (C=O) groups is 1. The summed E-state index contributed by atoms with van der Waals surface area (Å²) < 4.78 is 0. The zero-order valence-electron chi connectivity index (χ0n) is 10.7. The molecule has 0 aromatic heterocycles. The van der Waals surface area contributed by atoms with Crippen LogP contribution in [0.25, 0.3) is 0 Å². The van der Waals surface area contributed by atoms with E-state index in [-0.39, 0.29) is 5.91 Å². The van der Waals surface area contributed by atoms with Crippen molar-refractivity contribution in [1.29, 1.82) is 0 Å². The standard InChI is InChI=1S/C14H19N3O/c1-16-10-14(18)17(11-5-4-8-15-9-11)13-7-3-2-6-12(13)16/h2-3,6-7,11,15H,4-5,8-10H2,1H3. The Morgan fingerprint density at radius 3 is 2.78 bits per heavy atom. The highest BCUT2D eigenvalue weighted by molar-refractivity contribution is 6.03. The van der Waals surface area contributed by atoms with Gasteiger partial charge >= 0.3 is 0 Å². The zero-order valence-corrected chi connectivity index (χ0v) is 10.7. The van der Waals surface area contributed by atoms with Crippen LogP contribution < -0.4 is 15.1 Å². The van der Waals surface area contributed by atoms with Gasteiger partial charge in [0.05, 0.1) is 17.9 Å². The molecule has 0 saturated carbocycles. The van der Waals surface area contributed by atoms with Gasteiger partial charge in [-0.2, -0.15) is 0 Å². The summed E-state index contributed by atoms with van der Waals surface area (Å²) in [5.41, 5.74) is 2.22. The maximum atomic E-state index is 12.3. The molecule has 0 radical (unpaired) electrons. The molecule has 1 aromatic carbocycles. The molecule has 0 aliphatic carbocycles. The third kappa shape index (κ3) is 1.86. The Morgan fingerprint density at radius 2 is 2.06 bits per heavy atom. The third-order valence-corrected chi connectivity index (χ3v) is 3.83. The molecule has 1 atom stereocenters. The molecule has 18 heavy (non-hydrogen) atoms. The van der Waals surface area contributed by atoms with Crippen LogP contribution in [0, 0.1) is 0 Å². The lowest BCUT2D eigenvalue weighted by Crippen LogP contribution is -2.54. The van der Waals surface area contributed by atoms with Gasteiger partial charge in [0.25, 0.3) is 0 Å². The summed E-state index contributed by atoms with van der Waals surface area (Å²) in [4.78, 5) is 16.4. The Bertz CT molecular complexity index is 454. The van der Waals surface area contributed by atoms with Crippen molar-refractivity contribution in [3.63, 3.8) is 0 Å². The van der Waals surface area contributed by atoms with Crippen LogP contribution in [-0.2, 0) is 4.79 Å². The minimum Gasteiger partial charge on any atom is -0.364 e. The minimum atomic E-state index is 0.213. The second-order valence-electron chi connectivity index (χ2n) is 5.11. The van der Waals surface area contributed by atoms with Crippen molar-refractivity contribution in [2.24, 2.45) is 0 Å². The maximum absolute atomic E-state index is 12.3. The number of benzene rings is 1. The molecule has 3 rings (SSSR count).